The van der Waals surface area contributed by atoms with Gasteiger partial charge in [0.1, 0.15) is 12.6 Å². The summed E-state index contributed by atoms with van der Waals surface area (Å²) in [6.07, 6.45) is 4.56. The molecule has 0 bridgehead atoms. The molecule has 0 aromatic carbocycles. The van der Waals surface area contributed by atoms with E-state index in [0.717, 1.165) is 0 Å². The van der Waals surface area contributed by atoms with Gasteiger partial charge in [0.25, 0.3) is 5.91 Å². The van der Waals surface area contributed by atoms with Gasteiger partial charge in [0.05, 0.1) is 11.8 Å². The molecular weight excluding hydrogens is 221 g/mol. The fourth-order valence-corrected chi connectivity index (χ4v) is 1.59. The number of nitrogens with zero attached hydrogens (tertiary/aromatic N) is 3. The fourth-order valence-electron chi connectivity index (χ4n) is 1.59. The third-order valence-electron chi connectivity index (χ3n) is 2.41. The molecule has 0 saturated carbocycles. The van der Waals surface area contributed by atoms with Crippen LogP contribution in [0.1, 0.15) is 5.56 Å². The third kappa shape index (κ3) is 2.11. The lowest BCUT2D eigenvalue weighted by molar-refractivity contribution is -0.118. The average Bonchev–Trinajstić information content (AvgIpc) is 2.39. The van der Waals surface area contributed by atoms with E-state index in [-0.39, 0.29) is 5.71 Å². The number of hydrogen-bond donors (Lipinski definition) is 0. The summed E-state index contributed by atoms with van der Waals surface area (Å²) in [4.78, 5) is 18.8. The highest BCUT2D eigenvalue weighted by molar-refractivity contribution is 6.29. The first-order valence-corrected chi connectivity index (χ1v) is 4.96. The first-order valence-electron chi connectivity index (χ1n) is 4.96. The molecule has 4 nitrogen and oxygen atoms in total. The Labute approximate surface area is 97.1 Å². The molecule has 84 valence electrons. The zero-order valence-electron chi connectivity index (χ0n) is 8.80. The summed E-state index contributed by atoms with van der Waals surface area (Å²) in [5.41, 5.74) is 1.25. The number of pyridine rings is 1. The van der Waals surface area contributed by atoms with Crippen LogP contribution in [0.15, 0.2) is 35.6 Å². The minimum atomic E-state index is -0.937. The van der Waals surface area contributed by atoms with Crippen molar-refractivity contribution in [2.24, 2.45) is 10.9 Å². The Morgan fingerprint density at radius 2 is 2.12 bits per heavy atom. The second-order valence-electron chi connectivity index (χ2n) is 3.45. The van der Waals surface area contributed by atoms with Gasteiger partial charge in [-0.15, -0.1) is 0 Å². The van der Waals surface area contributed by atoms with Crippen LogP contribution in [0, 0.1) is 17.2 Å². The number of carbonyl (C=O) groups excluding carboxylic acids is 1. The van der Waals surface area contributed by atoms with E-state index in [2.05, 4.69) is 9.98 Å². The molecule has 0 radical (unpaired) electrons. The van der Waals surface area contributed by atoms with Crippen LogP contribution in [0.5, 0.6) is 0 Å². The molecular formula is C12H8FN3O. The van der Waals surface area contributed by atoms with E-state index >= 15 is 0 Å². The molecule has 0 N–H and O–H groups in total. The highest BCUT2D eigenvalue weighted by atomic mass is 19.1. The van der Waals surface area contributed by atoms with E-state index in [9.17, 15) is 9.18 Å². The van der Waals surface area contributed by atoms with Crippen molar-refractivity contribution in [2.45, 2.75) is 0 Å². The van der Waals surface area contributed by atoms with Gasteiger partial charge in [-0.05, 0) is 23.8 Å². The number of hydrogen-bond acceptors (Lipinski definition) is 3. The van der Waals surface area contributed by atoms with Crippen molar-refractivity contribution in [3.05, 3.63) is 36.2 Å². The van der Waals surface area contributed by atoms with Gasteiger partial charge in [-0.25, -0.2) is 9.38 Å². The van der Waals surface area contributed by atoms with Crippen LogP contribution in [0.3, 0.4) is 0 Å². The summed E-state index contributed by atoms with van der Waals surface area (Å²) < 4.78 is 12.8. The van der Waals surface area contributed by atoms with Crippen molar-refractivity contribution >= 4 is 17.2 Å². The van der Waals surface area contributed by atoms with E-state index < -0.39 is 18.5 Å². The van der Waals surface area contributed by atoms with Crippen molar-refractivity contribution < 1.29 is 9.18 Å². The summed E-state index contributed by atoms with van der Waals surface area (Å²) in [6.45, 7) is -0.835. The molecule has 2 heterocycles. The maximum absolute atomic E-state index is 12.8. The van der Waals surface area contributed by atoms with Gasteiger partial charge in [0, 0.05) is 18.0 Å². The van der Waals surface area contributed by atoms with Crippen LogP contribution in [-0.2, 0) is 4.79 Å². The summed E-state index contributed by atoms with van der Waals surface area (Å²) in [6, 6.07) is 5.19. The molecule has 1 aliphatic rings. The molecule has 1 aliphatic heterocycles. The zero-order chi connectivity index (χ0) is 12.3. The minimum absolute atomic E-state index is 0.0627. The van der Waals surface area contributed by atoms with Gasteiger partial charge in [-0.3, -0.25) is 9.78 Å². The Bertz CT molecular complexity index is 543. The second-order valence-corrected chi connectivity index (χ2v) is 3.45. The average molecular weight is 229 g/mol. The van der Waals surface area contributed by atoms with Gasteiger partial charge in [0.15, 0.2) is 0 Å². The van der Waals surface area contributed by atoms with Crippen LogP contribution < -0.4 is 0 Å². The Kier molecular flexibility index (Phi) is 3.06. The fraction of sp³-hybridized carbons (Fsp3) is 0.167. The highest BCUT2D eigenvalue weighted by Gasteiger charge is 2.24. The second kappa shape index (κ2) is 4.66. The van der Waals surface area contributed by atoms with Gasteiger partial charge < -0.3 is 0 Å². The molecule has 1 aromatic rings. The predicted molar refractivity (Wildman–Crippen MR) is 59.7 cm³/mol. The van der Waals surface area contributed by atoms with Crippen LogP contribution in [-0.4, -0.2) is 23.3 Å². The maximum Gasteiger partial charge on any atom is 0.267 e. The van der Waals surface area contributed by atoms with Crippen molar-refractivity contribution in [1.29, 1.82) is 5.26 Å². The van der Waals surface area contributed by atoms with Crippen molar-refractivity contribution in [3.8, 4) is 6.07 Å². The van der Waals surface area contributed by atoms with E-state index in [1.54, 1.807) is 24.5 Å². The molecule has 0 fully saturated rings. The molecule has 1 unspecified atom stereocenters. The molecule has 17 heavy (non-hydrogen) atoms. The largest absolute Gasteiger partial charge is 0.271 e. The molecule has 0 spiro atoms. The lowest BCUT2D eigenvalue weighted by Crippen LogP contribution is -2.20. The number of nitriles is 1. The predicted octanol–water partition coefficient (Wildman–Crippen LogP) is 1.56. The number of carbonyl (C=O) groups is 1. The smallest absolute Gasteiger partial charge is 0.267 e. The SMILES string of the molecule is N#CC1C=C(c2ccncc2)C(CF)=NC1=O. The van der Waals surface area contributed by atoms with Gasteiger partial charge in [-0.1, -0.05) is 0 Å². The van der Waals surface area contributed by atoms with Crippen LogP contribution in [0.2, 0.25) is 0 Å². The van der Waals surface area contributed by atoms with Gasteiger partial charge in [-0.2, -0.15) is 5.26 Å². The van der Waals surface area contributed by atoms with Gasteiger partial charge in [0.2, 0.25) is 0 Å². The monoisotopic (exact) mass is 229 g/mol. The number of halogens is 1. The number of aromatic nitrogens is 1. The topological polar surface area (TPSA) is 66.1 Å². The number of aliphatic imine (C=N–C) groups is 1. The van der Waals surface area contributed by atoms with Crippen LogP contribution >= 0.6 is 0 Å². The van der Waals surface area contributed by atoms with Crippen LogP contribution in [0.25, 0.3) is 5.57 Å². The Morgan fingerprint density at radius 1 is 1.41 bits per heavy atom. The zero-order valence-corrected chi connectivity index (χ0v) is 8.80. The molecule has 1 atom stereocenters. The number of allylic oxidation sites excluding steroid dienone is 1. The van der Waals surface area contributed by atoms with E-state index in [1.807, 2.05) is 6.07 Å². The Balaban J connectivity index is 2.48. The molecule has 1 amide bonds. The first kappa shape index (κ1) is 11.1. The van der Waals surface area contributed by atoms with Gasteiger partial charge >= 0.3 is 0 Å². The number of rotatable bonds is 2. The Morgan fingerprint density at radius 3 is 2.71 bits per heavy atom. The summed E-state index contributed by atoms with van der Waals surface area (Å²) in [5, 5.41) is 8.79. The third-order valence-corrected chi connectivity index (χ3v) is 2.41. The number of amides is 1. The number of alkyl halides is 1. The van der Waals surface area contributed by atoms with E-state index in [4.69, 9.17) is 5.26 Å². The molecule has 5 heteroatoms. The standard InChI is InChI=1S/C12H8FN3O/c13-6-11-10(8-1-3-15-4-2-8)5-9(7-14)12(17)16-11/h1-5,9H,6H2. The number of dihydropyridines is 1. The lowest BCUT2D eigenvalue weighted by Gasteiger charge is -2.14. The minimum Gasteiger partial charge on any atom is -0.271 e. The van der Waals surface area contributed by atoms with Crippen molar-refractivity contribution in [3.63, 3.8) is 0 Å². The summed E-state index contributed by atoms with van der Waals surface area (Å²) in [7, 11) is 0. The normalized spacial score (nSPS) is 19.3. The Hall–Kier alpha value is -2.35. The quantitative estimate of drug-likeness (QED) is 0.772. The maximum atomic E-state index is 12.8. The molecule has 1 aromatic heterocycles. The summed E-state index contributed by atoms with van der Waals surface area (Å²) in [5.74, 6) is -1.55. The highest BCUT2D eigenvalue weighted by Crippen LogP contribution is 2.23. The molecule has 0 saturated heterocycles. The van der Waals surface area contributed by atoms with Crippen molar-refractivity contribution in [2.75, 3.05) is 6.67 Å². The molecule has 0 aliphatic carbocycles. The molecule has 2 rings (SSSR count). The van der Waals surface area contributed by atoms with Crippen molar-refractivity contribution in [1.82, 2.24) is 4.98 Å². The van der Waals surface area contributed by atoms with E-state index in [1.165, 1.54) is 6.08 Å². The lowest BCUT2D eigenvalue weighted by atomic mass is 9.94. The summed E-state index contributed by atoms with van der Waals surface area (Å²) >= 11 is 0. The van der Waals surface area contributed by atoms with Crippen LogP contribution in [0.4, 0.5) is 4.39 Å². The van der Waals surface area contributed by atoms with E-state index in [0.29, 0.717) is 11.1 Å². The first-order chi connectivity index (χ1) is 8.26.